The molecule has 7 heteroatoms. The minimum atomic E-state index is -0.259. The van der Waals surface area contributed by atoms with E-state index in [1.807, 2.05) is 0 Å². The van der Waals surface area contributed by atoms with Crippen molar-refractivity contribution < 1.29 is 9.59 Å². The van der Waals surface area contributed by atoms with Crippen molar-refractivity contribution in [2.24, 2.45) is 0 Å². The smallest absolute Gasteiger partial charge is 0.252 e. The van der Waals surface area contributed by atoms with Gasteiger partial charge in [-0.2, -0.15) is 0 Å². The second-order valence-electron chi connectivity index (χ2n) is 4.86. The summed E-state index contributed by atoms with van der Waals surface area (Å²) in [5, 5.41) is 3.33. The van der Waals surface area contributed by atoms with E-state index in [0.29, 0.717) is 12.6 Å². The summed E-state index contributed by atoms with van der Waals surface area (Å²) in [5.41, 5.74) is 4.66. The maximum Gasteiger partial charge on any atom is 0.252 e. The fourth-order valence-corrected chi connectivity index (χ4v) is 2.35. The van der Waals surface area contributed by atoms with Gasteiger partial charge in [-0.15, -0.1) is 0 Å². The lowest BCUT2D eigenvalue weighted by molar-refractivity contribution is -0.129. The molecule has 18 heavy (non-hydrogen) atoms. The number of piperazine rings is 1. The van der Waals surface area contributed by atoms with E-state index in [9.17, 15) is 9.59 Å². The molecule has 2 rings (SSSR count). The number of carbonyl (C=O) groups is 2. The van der Waals surface area contributed by atoms with Gasteiger partial charge in [0.1, 0.15) is 0 Å². The van der Waals surface area contributed by atoms with Crippen molar-refractivity contribution in [1.82, 2.24) is 26.0 Å². The van der Waals surface area contributed by atoms with Crippen molar-refractivity contribution in [3.8, 4) is 0 Å². The summed E-state index contributed by atoms with van der Waals surface area (Å²) in [6.45, 7) is 7.89. The highest BCUT2D eigenvalue weighted by molar-refractivity contribution is 5.82. The number of amides is 2. The van der Waals surface area contributed by atoms with Gasteiger partial charge in [0.2, 0.25) is 5.91 Å². The molecule has 7 nitrogen and oxygen atoms in total. The summed E-state index contributed by atoms with van der Waals surface area (Å²) in [6.07, 6.45) is 0. The number of carbonyl (C=O) groups excluding carboxylic acids is 2. The van der Waals surface area contributed by atoms with Gasteiger partial charge in [0.15, 0.2) is 0 Å². The van der Waals surface area contributed by atoms with Crippen LogP contribution < -0.4 is 16.2 Å². The minimum absolute atomic E-state index is 0.163. The van der Waals surface area contributed by atoms with E-state index < -0.39 is 0 Å². The Bertz CT molecular complexity index is 311. The Balaban J connectivity index is 1.60. The molecule has 0 saturated carbocycles. The van der Waals surface area contributed by atoms with Crippen LogP contribution in [0, 0.1) is 0 Å². The van der Waals surface area contributed by atoms with Crippen molar-refractivity contribution in [3.63, 3.8) is 0 Å². The molecule has 0 bridgehead atoms. The highest BCUT2D eigenvalue weighted by Gasteiger charge is 2.32. The van der Waals surface area contributed by atoms with Gasteiger partial charge in [-0.3, -0.25) is 30.2 Å². The van der Waals surface area contributed by atoms with Crippen molar-refractivity contribution in [3.05, 3.63) is 0 Å². The maximum atomic E-state index is 11.4. The van der Waals surface area contributed by atoms with E-state index in [1.165, 1.54) is 6.92 Å². The van der Waals surface area contributed by atoms with Gasteiger partial charge in [-0.25, -0.2) is 0 Å². The second-order valence-corrected chi connectivity index (χ2v) is 4.86. The quantitative estimate of drug-likeness (QED) is 0.496. The third kappa shape index (κ3) is 3.66. The van der Waals surface area contributed by atoms with Crippen LogP contribution in [0.15, 0.2) is 0 Å². The van der Waals surface area contributed by atoms with Crippen molar-refractivity contribution in [2.75, 3.05) is 45.8 Å². The van der Waals surface area contributed by atoms with E-state index >= 15 is 0 Å². The molecule has 0 unspecified atom stereocenters. The van der Waals surface area contributed by atoms with Crippen LogP contribution in [-0.4, -0.2) is 73.5 Å². The van der Waals surface area contributed by atoms with E-state index in [-0.39, 0.29) is 11.8 Å². The molecule has 0 atom stereocenters. The van der Waals surface area contributed by atoms with E-state index in [2.05, 4.69) is 26.0 Å². The second kappa shape index (κ2) is 6.12. The largest absolute Gasteiger partial charge is 0.314 e. The van der Waals surface area contributed by atoms with Gasteiger partial charge < -0.3 is 5.32 Å². The molecule has 2 fully saturated rings. The summed E-state index contributed by atoms with van der Waals surface area (Å²) in [4.78, 5) is 26.6. The van der Waals surface area contributed by atoms with Crippen LogP contribution in [0.2, 0.25) is 0 Å². The van der Waals surface area contributed by atoms with Gasteiger partial charge in [0.25, 0.3) is 5.91 Å². The topological polar surface area (TPSA) is 76.7 Å². The summed E-state index contributed by atoms with van der Waals surface area (Å²) < 4.78 is 0. The number of nitrogens with zero attached hydrogens (tertiary/aromatic N) is 2. The SMILES string of the molecule is CC(=O)NNC(=O)CN1CC(N2CCNCC2)C1. The molecule has 2 aliphatic heterocycles. The van der Waals surface area contributed by atoms with Gasteiger partial charge in [-0.1, -0.05) is 0 Å². The van der Waals surface area contributed by atoms with Crippen LogP contribution in [0.5, 0.6) is 0 Å². The van der Waals surface area contributed by atoms with Crippen LogP contribution in [0.1, 0.15) is 6.92 Å². The molecule has 0 spiro atoms. The van der Waals surface area contributed by atoms with E-state index in [0.717, 1.165) is 39.3 Å². The average Bonchev–Trinajstić information content (AvgIpc) is 2.32. The number of hydrogen-bond acceptors (Lipinski definition) is 5. The molecular weight excluding hydrogens is 234 g/mol. The molecular formula is C11H21N5O2. The van der Waals surface area contributed by atoms with E-state index in [4.69, 9.17) is 0 Å². The molecule has 2 heterocycles. The minimum Gasteiger partial charge on any atom is -0.314 e. The molecule has 0 aromatic heterocycles. The molecule has 0 aliphatic carbocycles. The molecule has 2 amide bonds. The van der Waals surface area contributed by atoms with Crippen LogP contribution >= 0.6 is 0 Å². The maximum absolute atomic E-state index is 11.4. The first kappa shape index (κ1) is 13.3. The lowest BCUT2D eigenvalue weighted by Gasteiger charge is -2.46. The zero-order chi connectivity index (χ0) is 13.0. The Morgan fingerprint density at radius 1 is 1.22 bits per heavy atom. The molecule has 2 saturated heterocycles. The molecule has 102 valence electrons. The summed E-state index contributed by atoms with van der Waals surface area (Å²) in [6, 6.07) is 0.584. The molecule has 0 aromatic carbocycles. The lowest BCUT2D eigenvalue weighted by atomic mass is 10.1. The van der Waals surface area contributed by atoms with E-state index in [1.54, 1.807) is 0 Å². The molecule has 3 N–H and O–H groups in total. The lowest BCUT2D eigenvalue weighted by Crippen LogP contribution is -2.64. The number of hydrogen-bond donors (Lipinski definition) is 3. The Morgan fingerprint density at radius 2 is 1.89 bits per heavy atom. The van der Waals surface area contributed by atoms with Crippen LogP contribution in [-0.2, 0) is 9.59 Å². The van der Waals surface area contributed by atoms with Crippen LogP contribution in [0.25, 0.3) is 0 Å². The number of nitrogens with one attached hydrogen (secondary N) is 3. The fraction of sp³-hybridized carbons (Fsp3) is 0.818. The third-order valence-electron chi connectivity index (χ3n) is 3.35. The highest BCUT2D eigenvalue weighted by Crippen LogP contribution is 2.14. The molecule has 0 aromatic rings. The Hall–Kier alpha value is -1.18. The standard InChI is InChI=1S/C11H21N5O2/c1-9(17)13-14-11(18)8-15-6-10(7-15)16-4-2-12-3-5-16/h10,12H,2-8H2,1H3,(H,13,17)(H,14,18). The number of likely N-dealkylation sites (tertiary alicyclic amines) is 1. The monoisotopic (exact) mass is 255 g/mol. The van der Waals surface area contributed by atoms with Gasteiger partial charge in [0.05, 0.1) is 6.54 Å². The normalized spacial score (nSPS) is 22.3. The summed E-state index contributed by atoms with van der Waals surface area (Å²) >= 11 is 0. The Kier molecular flexibility index (Phi) is 4.51. The van der Waals surface area contributed by atoms with Gasteiger partial charge in [0, 0.05) is 52.2 Å². The molecule has 0 radical (unpaired) electrons. The molecule has 2 aliphatic rings. The Labute approximate surface area is 107 Å². The first-order chi connectivity index (χ1) is 8.65. The highest BCUT2D eigenvalue weighted by atomic mass is 16.2. The predicted octanol–water partition coefficient (Wildman–Crippen LogP) is -2.26. The van der Waals surface area contributed by atoms with Crippen molar-refractivity contribution in [2.45, 2.75) is 13.0 Å². The first-order valence-corrected chi connectivity index (χ1v) is 6.37. The zero-order valence-electron chi connectivity index (χ0n) is 10.7. The average molecular weight is 255 g/mol. The predicted molar refractivity (Wildman–Crippen MR) is 66.6 cm³/mol. The summed E-state index contributed by atoms with van der Waals surface area (Å²) in [7, 11) is 0. The first-order valence-electron chi connectivity index (χ1n) is 6.37. The van der Waals surface area contributed by atoms with Crippen LogP contribution in [0.3, 0.4) is 0 Å². The van der Waals surface area contributed by atoms with Crippen LogP contribution in [0.4, 0.5) is 0 Å². The Morgan fingerprint density at radius 3 is 2.50 bits per heavy atom. The number of rotatable bonds is 3. The van der Waals surface area contributed by atoms with Crippen molar-refractivity contribution >= 4 is 11.8 Å². The summed E-state index contributed by atoms with van der Waals surface area (Å²) in [5.74, 6) is -0.422. The van der Waals surface area contributed by atoms with Gasteiger partial charge in [-0.05, 0) is 0 Å². The van der Waals surface area contributed by atoms with Gasteiger partial charge >= 0.3 is 0 Å². The zero-order valence-corrected chi connectivity index (χ0v) is 10.7. The number of hydrazine groups is 1. The third-order valence-corrected chi connectivity index (χ3v) is 3.35. The fourth-order valence-electron chi connectivity index (χ4n) is 2.35. The van der Waals surface area contributed by atoms with Crippen molar-refractivity contribution in [1.29, 1.82) is 0 Å².